The average Bonchev–Trinajstić information content (AvgIpc) is 2.73. The molecule has 0 saturated carbocycles. The van der Waals surface area contributed by atoms with E-state index in [4.69, 9.17) is 4.74 Å². The molecule has 0 aliphatic carbocycles. The maximum Gasteiger partial charge on any atom is 0.421 e. The predicted molar refractivity (Wildman–Crippen MR) is 107 cm³/mol. The highest BCUT2D eigenvalue weighted by Crippen LogP contribution is 2.36. The van der Waals surface area contributed by atoms with Crippen LogP contribution in [-0.2, 0) is 12.6 Å². The van der Waals surface area contributed by atoms with E-state index < -0.39 is 11.7 Å². The number of hydrogen-bond donors (Lipinski definition) is 1. The summed E-state index contributed by atoms with van der Waals surface area (Å²) in [7, 11) is 3.23. The lowest BCUT2D eigenvalue weighted by atomic mass is 10.1. The molecular formula is C21H21F3N4O. The van der Waals surface area contributed by atoms with Crippen molar-refractivity contribution in [1.82, 2.24) is 9.97 Å². The summed E-state index contributed by atoms with van der Waals surface area (Å²) in [5, 5.41) is 2.74. The first-order valence-corrected chi connectivity index (χ1v) is 8.99. The van der Waals surface area contributed by atoms with Gasteiger partial charge in [0.1, 0.15) is 17.1 Å². The van der Waals surface area contributed by atoms with Crippen LogP contribution in [0.1, 0.15) is 18.1 Å². The van der Waals surface area contributed by atoms with Crippen LogP contribution >= 0.6 is 0 Å². The molecule has 0 radical (unpaired) electrons. The van der Waals surface area contributed by atoms with Crippen LogP contribution in [0.2, 0.25) is 0 Å². The van der Waals surface area contributed by atoms with E-state index in [1.807, 2.05) is 24.3 Å². The molecule has 0 atom stereocenters. The summed E-state index contributed by atoms with van der Waals surface area (Å²) in [5.41, 5.74) is 1.46. The monoisotopic (exact) mass is 402 g/mol. The molecule has 3 rings (SSSR count). The molecule has 8 heteroatoms. The third-order valence-electron chi connectivity index (χ3n) is 4.47. The van der Waals surface area contributed by atoms with Gasteiger partial charge < -0.3 is 15.0 Å². The molecule has 29 heavy (non-hydrogen) atoms. The summed E-state index contributed by atoms with van der Waals surface area (Å²) in [6.07, 6.45) is -2.89. The number of rotatable bonds is 6. The van der Waals surface area contributed by atoms with Crippen LogP contribution in [0.5, 0.6) is 5.75 Å². The Kier molecular flexibility index (Phi) is 5.91. The third kappa shape index (κ3) is 4.77. The maximum absolute atomic E-state index is 13.5. The number of hydrogen-bond acceptors (Lipinski definition) is 5. The number of nitrogens with zero attached hydrogens (tertiary/aromatic N) is 3. The van der Waals surface area contributed by atoms with Crippen molar-refractivity contribution in [2.75, 3.05) is 24.4 Å². The number of halogens is 3. The van der Waals surface area contributed by atoms with Gasteiger partial charge in [0.25, 0.3) is 0 Å². The third-order valence-corrected chi connectivity index (χ3v) is 4.47. The second-order valence-corrected chi connectivity index (χ2v) is 6.36. The minimum atomic E-state index is -4.59. The van der Waals surface area contributed by atoms with Crippen LogP contribution in [0, 0.1) is 0 Å². The molecule has 0 spiro atoms. The second kappa shape index (κ2) is 8.38. The highest BCUT2D eigenvalue weighted by Gasteiger charge is 2.35. The van der Waals surface area contributed by atoms with Crippen molar-refractivity contribution in [3.05, 3.63) is 65.9 Å². The predicted octanol–water partition coefficient (Wildman–Crippen LogP) is 5.58. The molecule has 0 bridgehead atoms. The summed E-state index contributed by atoms with van der Waals surface area (Å²) >= 11 is 0. The van der Waals surface area contributed by atoms with Crippen molar-refractivity contribution in [3.8, 4) is 5.75 Å². The fourth-order valence-corrected chi connectivity index (χ4v) is 2.72. The van der Waals surface area contributed by atoms with Crippen LogP contribution in [0.25, 0.3) is 0 Å². The lowest BCUT2D eigenvalue weighted by Gasteiger charge is -2.20. The van der Waals surface area contributed by atoms with E-state index in [1.165, 1.54) is 7.11 Å². The Morgan fingerprint density at radius 1 is 1.03 bits per heavy atom. The fourth-order valence-electron chi connectivity index (χ4n) is 2.72. The molecule has 5 nitrogen and oxygen atoms in total. The van der Waals surface area contributed by atoms with Crippen LogP contribution in [-0.4, -0.2) is 24.1 Å². The van der Waals surface area contributed by atoms with Crippen molar-refractivity contribution in [2.24, 2.45) is 0 Å². The van der Waals surface area contributed by atoms with Gasteiger partial charge in [-0.05, 0) is 48.4 Å². The summed E-state index contributed by atoms with van der Waals surface area (Å²) in [6.45, 7) is 2.05. The van der Waals surface area contributed by atoms with Gasteiger partial charge in [0.15, 0.2) is 0 Å². The summed E-state index contributed by atoms with van der Waals surface area (Å²) in [6, 6.07) is 14.2. The van der Waals surface area contributed by atoms with Gasteiger partial charge in [-0.1, -0.05) is 19.1 Å². The zero-order valence-electron chi connectivity index (χ0n) is 16.3. The number of alkyl halides is 3. The Bertz CT molecular complexity index is 957. The number of benzene rings is 2. The number of ether oxygens (including phenoxy) is 1. The first-order valence-electron chi connectivity index (χ1n) is 8.99. The molecule has 0 saturated heterocycles. The van der Waals surface area contributed by atoms with Gasteiger partial charge in [-0.2, -0.15) is 18.2 Å². The molecule has 0 unspecified atom stereocenters. The van der Waals surface area contributed by atoms with E-state index in [1.54, 1.807) is 36.2 Å². The topological polar surface area (TPSA) is 50.3 Å². The van der Waals surface area contributed by atoms with E-state index in [2.05, 4.69) is 22.2 Å². The lowest BCUT2D eigenvalue weighted by molar-refractivity contribution is -0.137. The molecule has 1 aromatic heterocycles. The average molecular weight is 402 g/mol. The van der Waals surface area contributed by atoms with Crippen LogP contribution in [0.4, 0.5) is 36.3 Å². The Balaban J connectivity index is 1.95. The number of aryl methyl sites for hydroxylation is 1. The van der Waals surface area contributed by atoms with Gasteiger partial charge in [0.2, 0.25) is 5.95 Å². The quantitative estimate of drug-likeness (QED) is 0.584. The summed E-state index contributed by atoms with van der Waals surface area (Å²) in [4.78, 5) is 9.71. The molecule has 2 aromatic carbocycles. The molecule has 3 aromatic rings. The van der Waals surface area contributed by atoms with E-state index >= 15 is 0 Å². The zero-order chi connectivity index (χ0) is 21.0. The number of nitrogens with one attached hydrogen (secondary N) is 1. The Morgan fingerprint density at radius 2 is 1.69 bits per heavy atom. The molecule has 152 valence electrons. The van der Waals surface area contributed by atoms with Crippen molar-refractivity contribution in [3.63, 3.8) is 0 Å². The molecule has 1 N–H and O–H groups in total. The number of aromatic nitrogens is 2. The largest absolute Gasteiger partial charge is 0.497 e. The molecule has 0 fully saturated rings. The smallest absolute Gasteiger partial charge is 0.421 e. The van der Waals surface area contributed by atoms with Crippen molar-refractivity contribution in [2.45, 2.75) is 19.5 Å². The second-order valence-electron chi connectivity index (χ2n) is 6.36. The van der Waals surface area contributed by atoms with Crippen molar-refractivity contribution in [1.29, 1.82) is 0 Å². The molecule has 0 aliphatic heterocycles. The van der Waals surface area contributed by atoms with Crippen molar-refractivity contribution >= 4 is 23.1 Å². The molecule has 1 heterocycles. The lowest BCUT2D eigenvalue weighted by Crippen LogP contribution is -2.17. The Morgan fingerprint density at radius 3 is 2.24 bits per heavy atom. The standard InChI is InChI=1S/C21H21F3N4O/c1-4-14-5-9-16(10-6-14)28(2)20-25-13-18(21(22,23)24)19(27-20)26-15-7-11-17(29-3)12-8-15/h5-13H,4H2,1-3H3,(H,25,26,27). The van der Waals surface area contributed by atoms with Crippen LogP contribution < -0.4 is 15.0 Å². The SMILES string of the molecule is CCc1ccc(N(C)c2ncc(C(F)(F)F)c(Nc3ccc(OC)cc3)n2)cc1. The maximum atomic E-state index is 13.5. The van der Waals surface area contributed by atoms with Gasteiger partial charge in [-0.15, -0.1) is 0 Å². The minimum absolute atomic E-state index is 0.151. The summed E-state index contributed by atoms with van der Waals surface area (Å²) < 4.78 is 45.4. The van der Waals surface area contributed by atoms with Crippen LogP contribution in [0.15, 0.2) is 54.7 Å². The Labute approximate surface area is 167 Å². The van der Waals surface area contributed by atoms with Crippen LogP contribution in [0.3, 0.4) is 0 Å². The molecule has 0 aliphatic rings. The van der Waals surface area contributed by atoms with E-state index in [0.717, 1.165) is 23.9 Å². The van der Waals surface area contributed by atoms with E-state index in [9.17, 15) is 13.2 Å². The van der Waals surface area contributed by atoms with Crippen molar-refractivity contribution < 1.29 is 17.9 Å². The number of methoxy groups -OCH3 is 1. The van der Waals surface area contributed by atoms with E-state index in [-0.39, 0.29) is 11.8 Å². The van der Waals surface area contributed by atoms with Gasteiger partial charge in [0, 0.05) is 24.6 Å². The first-order chi connectivity index (χ1) is 13.8. The summed E-state index contributed by atoms with van der Waals surface area (Å²) in [5.74, 6) is 0.438. The van der Waals surface area contributed by atoms with Gasteiger partial charge in [0.05, 0.1) is 7.11 Å². The normalized spacial score (nSPS) is 11.2. The highest BCUT2D eigenvalue weighted by atomic mass is 19.4. The number of anilines is 4. The Hall–Kier alpha value is -3.29. The van der Waals surface area contributed by atoms with Gasteiger partial charge >= 0.3 is 6.18 Å². The molecule has 0 amide bonds. The van der Waals surface area contributed by atoms with Gasteiger partial charge in [-0.25, -0.2) is 4.98 Å². The van der Waals surface area contributed by atoms with E-state index in [0.29, 0.717) is 11.4 Å². The molecular weight excluding hydrogens is 381 g/mol. The van der Waals surface area contributed by atoms with Gasteiger partial charge in [-0.3, -0.25) is 0 Å². The first kappa shape index (κ1) is 20.4. The zero-order valence-corrected chi connectivity index (χ0v) is 16.3. The highest BCUT2D eigenvalue weighted by molar-refractivity contribution is 5.64. The minimum Gasteiger partial charge on any atom is -0.497 e. The fraction of sp³-hybridized carbons (Fsp3) is 0.238.